The van der Waals surface area contributed by atoms with Crippen molar-refractivity contribution in [3.8, 4) is 0 Å². The van der Waals surface area contributed by atoms with Crippen molar-refractivity contribution >= 4 is 5.91 Å². The van der Waals surface area contributed by atoms with E-state index in [-0.39, 0.29) is 6.42 Å². The highest BCUT2D eigenvalue weighted by Crippen LogP contribution is 1.95. The zero-order valence-electron chi connectivity index (χ0n) is 6.58. The lowest BCUT2D eigenvalue weighted by Crippen LogP contribution is -2.27. The maximum Gasteiger partial charge on any atom is 0.246 e. The van der Waals surface area contributed by atoms with Crippen LogP contribution in [0.4, 0.5) is 0 Å². The molecule has 0 aliphatic carbocycles. The van der Waals surface area contributed by atoms with E-state index in [0.717, 1.165) is 5.57 Å². The van der Waals surface area contributed by atoms with Gasteiger partial charge in [0.25, 0.3) is 0 Å². The van der Waals surface area contributed by atoms with Crippen molar-refractivity contribution in [3.05, 3.63) is 24.3 Å². The van der Waals surface area contributed by atoms with Crippen LogP contribution in [0.3, 0.4) is 0 Å². The van der Waals surface area contributed by atoms with E-state index in [1.807, 2.05) is 6.92 Å². The summed E-state index contributed by atoms with van der Waals surface area (Å²) in [7, 11) is 0. The summed E-state index contributed by atoms with van der Waals surface area (Å²) < 4.78 is 0. The minimum Gasteiger partial charge on any atom is -0.383 e. The van der Waals surface area contributed by atoms with E-state index in [1.165, 1.54) is 0 Å². The van der Waals surface area contributed by atoms with E-state index in [1.54, 1.807) is 12.2 Å². The molecule has 62 valence electrons. The third kappa shape index (κ3) is 5.36. The van der Waals surface area contributed by atoms with Gasteiger partial charge in [0.05, 0.1) is 0 Å². The van der Waals surface area contributed by atoms with Gasteiger partial charge in [0.15, 0.2) is 0 Å². The molecule has 0 fully saturated rings. The average molecular weight is 155 g/mol. The van der Waals surface area contributed by atoms with Gasteiger partial charge in [-0.1, -0.05) is 24.3 Å². The third-order valence-corrected chi connectivity index (χ3v) is 1.09. The van der Waals surface area contributed by atoms with Crippen LogP contribution < -0.4 is 5.73 Å². The molecule has 0 saturated heterocycles. The molecule has 3 heteroatoms. The van der Waals surface area contributed by atoms with Crippen LogP contribution >= 0.6 is 0 Å². The molecule has 3 nitrogen and oxygen atoms in total. The zero-order chi connectivity index (χ0) is 8.85. The summed E-state index contributed by atoms with van der Waals surface area (Å²) in [5.41, 5.74) is 5.68. The fourth-order valence-electron chi connectivity index (χ4n) is 0.514. The van der Waals surface area contributed by atoms with Crippen LogP contribution in [-0.2, 0) is 4.79 Å². The quantitative estimate of drug-likeness (QED) is 0.575. The lowest BCUT2D eigenvalue weighted by Gasteiger charge is -2.00. The van der Waals surface area contributed by atoms with Crippen LogP contribution in [-0.4, -0.2) is 17.1 Å². The minimum absolute atomic E-state index is 0.252. The summed E-state index contributed by atoms with van der Waals surface area (Å²) in [6, 6.07) is 0. The molecule has 1 amide bonds. The predicted molar refractivity (Wildman–Crippen MR) is 43.8 cm³/mol. The van der Waals surface area contributed by atoms with Crippen molar-refractivity contribution in [1.29, 1.82) is 0 Å². The van der Waals surface area contributed by atoms with Crippen molar-refractivity contribution in [2.75, 3.05) is 0 Å². The first-order valence-corrected chi connectivity index (χ1v) is 3.33. The van der Waals surface area contributed by atoms with Gasteiger partial charge >= 0.3 is 0 Å². The van der Waals surface area contributed by atoms with E-state index in [2.05, 4.69) is 6.58 Å². The molecule has 0 radical (unpaired) electrons. The second-order valence-corrected chi connectivity index (χ2v) is 2.40. The van der Waals surface area contributed by atoms with Gasteiger partial charge in [-0.25, -0.2) is 0 Å². The van der Waals surface area contributed by atoms with E-state index < -0.39 is 12.0 Å². The smallest absolute Gasteiger partial charge is 0.246 e. The summed E-state index contributed by atoms with van der Waals surface area (Å²) in [5.74, 6) is -0.698. The molecular formula is C8H13NO2. The molecule has 0 aliphatic heterocycles. The highest BCUT2D eigenvalue weighted by atomic mass is 16.3. The number of rotatable bonds is 4. The van der Waals surface area contributed by atoms with Crippen LogP contribution in [0.15, 0.2) is 24.3 Å². The van der Waals surface area contributed by atoms with Gasteiger partial charge in [-0.15, -0.1) is 0 Å². The first kappa shape index (κ1) is 9.91. The summed E-state index contributed by atoms with van der Waals surface area (Å²) in [4.78, 5) is 10.3. The van der Waals surface area contributed by atoms with Crippen LogP contribution in [0, 0.1) is 0 Å². The van der Waals surface area contributed by atoms with Gasteiger partial charge < -0.3 is 10.8 Å². The van der Waals surface area contributed by atoms with Gasteiger partial charge in [-0.2, -0.15) is 0 Å². The van der Waals surface area contributed by atoms with Crippen molar-refractivity contribution in [3.63, 3.8) is 0 Å². The van der Waals surface area contributed by atoms with Gasteiger partial charge in [0, 0.05) is 6.42 Å². The molecule has 0 aromatic carbocycles. The van der Waals surface area contributed by atoms with Crippen LogP contribution in [0.25, 0.3) is 0 Å². The average Bonchev–Trinajstić information content (AvgIpc) is 1.86. The maximum absolute atomic E-state index is 10.3. The number of allylic oxidation sites excluding steroid dienone is 2. The molecule has 0 aromatic rings. The highest BCUT2D eigenvalue weighted by molar-refractivity contribution is 5.78. The van der Waals surface area contributed by atoms with E-state index in [4.69, 9.17) is 10.8 Å². The Labute approximate surface area is 66.2 Å². The van der Waals surface area contributed by atoms with Gasteiger partial charge in [0.1, 0.15) is 6.10 Å². The zero-order valence-corrected chi connectivity index (χ0v) is 6.58. The predicted octanol–water partition coefficient (Wildman–Crippen LogP) is 0.355. The Morgan fingerprint density at radius 2 is 2.36 bits per heavy atom. The number of amides is 1. The first-order chi connectivity index (χ1) is 5.04. The molecule has 0 aromatic heterocycles. The fraction of sp³-hybridized carbons (Fsp3) is 0.375. The largest absolute Gasteiger partial charge is 0.383 e. The Balaban J connectivity index is 3.70. The van der Waals surface area contributed by atoms with E-state index >= 15 is 0 Å². The number of aliphatic hydroxyl groups is 1. The van der Waals surface area contributed by atoms with Crippen LogP contribution in [0.1, 0.15) is 13.3 Å². The Hall–Kier alpha value is -1.09. The lowest BCUT2D eigenvalue weighted by atomic mass is 10.2. The second kappa shape index (κ2) is 4.68. The molecule has 0 aliphatic rings. The van der Waals surface area contributed by atoms with Crippen LogP contribution in [0.2, 0.25) is 0 Å². The Morgan fingerprint density at radius 1 is 1.82 bits per heavy atom. The molecule has 0 spiro atoms. The molecule has 3 N–H and O–H groups in total. The summed E-state index contributed by atoms with van der Waals surface area (Å²) >= 11 is 0. The third-order valence-electron chi connectivity index (χ3n) is 1.09. The maximum atomic E-state index is 10.3. The lowest BCUT2D eigenvalue weighted by molar-refractivity contribution is -0.125. The molecule has 1 unspecified atom stereocenters. The van der Waals surface area contributed by atoms with Gasteiger partial charge in [-0.05, 0) is 6.92 Å². The number of hydrogen-bond donors (Lipinski definition) is 2. The number of aliphatic hydroxyl groups excluding tert-OH is 1. The highest BCUT2D eigenvalue weighted by Gasteiger charge is 2.06. The molecule has 11 heavy (non-hydrogen) atoms. The first-order valence-electron chi connectivity index (χ1n) is 3.33. The van der Waals surface area contributed by atoms with Crippen molar-refractivity contribution in [1.82, 2.24) is 0 Å². The molecule has 1 atom stereocenters. The number of carbonyl (C=O) groups is 1. The Bertz CT molecular complexity index is 185. The van der Waals surface area contributed by atoms with E-state index in [9.17, 15) is 4.79 Å². The van der Waals surface area contributed by atoms with Gasteiger partial charge in [-0.3, -0.25) is 4.79 Å². The van der Waals surface area contributed by atoms with E-state index in [0.29, 0.717) is 0 Å². The standard InChI is InChI=1S/C8H13NO2/c1-6(2)4-3-5-7(10)8(9)11/h3-4,7,10H,1,5H2,2H3,(H2,9,11)/b4-3-. The summed E-state index contributed by atoms with van der Waals surface area (Å²) in [5, 5.41) is 8.88. The SMILES string of the molecule is C=C(C)/C=C\CC(O)C(N)=O. The van der Waals surface area contributed by atoms with Crippen molar-refractivity contribution in [2.24, 2.45) is 5.73 Å². The molecule has 0 saturated carbocycles. The fourth-order valence-corrected chi connectivity index (χ4v) is 0.514. The monoisotopic (exact) mass is 155 g/mol. The number of carbonyl (C=O) groups excluding carboxylic acids is 1. The minimum atomic E-state index is -1.08. The molecule has 0 rings (SSSR count). The Morgan fingerprint density at radius 3 is 2.73 bits per heavy atom. The Kier molecular flexibility index (Phi) is 4.22. The molecular weight excluding hydrogens is 142 g/mol. The van der Waals surface area contributed by atoms with Crippen molar-refractivity contribution in [2.45, 2.75) is 19.4 Å². The number of hydrogen-bond acceptors (Lipinski definition) is 2. The number of nitrogens with two attached hydrogens (primary N) is 1. The summed E-state index contributed by atoms with van der Waals surface area (Å²) in [6.07, 6.45) is 2.57. The van der Waals surface area contributed by atoms with Crippen LogP contribution in [0.5, 0.6) is 0 Å². The van der Waals surface area contributed by atoms with Crippen molar-refractivity contribution < 1.29 is 9.90 Å². The topological polar surface area (TPSA) is 63.3 Å². The second-order valence-electron chi connectivity index (χ2n) is 2.40. The normalized spacial score (nSPS) is 13.3. The summed E-state index contributed by atoms with van der Waals surface area (Å²) in [6.45, 7) is 5.44. The molecule has 0 heterocycles. The number of primary amides is 1. The molecule has 0 bridgehead atoms. The van der Waals surface area contributed by atoms with Gasteiger partial charge in [0.2, 0.25) is 5.91 Å².